The molecule has 2 amide bonds. The van der Waals surface area contributed by atoms with Gasteiger partial charge in [-0.2, -0.15) is 0 Å². The average molecular weight is 343 g/mol. The van der Waals surface area contributed by atoms with Crippen LogP contribution in [0.15, 0.2) is 18.7 Å². The molecule has 0 bridgehead atoms. The van der Waals surface area contributed by atoms with Crippen LogP contribution in [0.3, 0.4) is 0 Å². The van der Waals surface area contributed by atoms with E-state index >= 15 is 0 Å². The largest absolute Gasteiger partial charge is 0.369 e. The lowest BCUT2D eigenvalue weighted by Gasteiger charge is -2.17. The van der Waals surface area contributed by atoms with Crippen molar-refractivity contribution < 1.29 is 14.0 Å². The number of aromatic amines is 1. The Morgan fingerprint density at radius 3 is 2.84 bits per heavy atom. The molecule has 0 aliphatic carbocycles. The summed E-state index contributed by atoms with van der Waals surface area (Å²) in [5, 5.41) is 0.812. The number of primary amides is 1. The molecule has 0 radical (unpaired) electrons. The zero-order chi connectivity index (χ0) is 18.3. The second kappa shape index (κ2) is 6.35. The molecular formula is C19H22FN3O2. The number of likely N-dealkylation sites (tertiary alicyclic amines) is 1. The lowest BCUT2D eigenvalue weighted by Crippen LogP contribution is -2.26. The van der Waals surface area contributed by atoms with Gasteiger partial charge in [-0.25, -0.2) is 4.39 Å². The van der Waals surface area contributed by atoms with Crippen molar-refractivity contribution >= 4 is 22.7 Å². The summed E-state index contributed by atoms with van der Waals surface area (Å²) in [6.45, 7) is 8.43. The molecule has 3 rings (SSSR count). The third-order valence-electron chi connectivity index (χ3n) is 5.10. The fraction of sp³-hybridized carbons (Fsp3) is 0.368. The van der Waals surface area contributed by atoms with Gasteiger partial charge in [0.1, 0.15) is 5.82 Å². The second-order valence-electron chi connectivity index (χ2n) is 6.67. The van der Waals surface area contributed by atoms with E-state index < -0.39 is 5.91 Å². The van der Waals surface area contributed by atoms with Crippen molar-refractivity contribution in [2.75, 3.05) is 13.1 Å². The van der Waals surface area contributed by atoms with Gasteiger partial charge in [0, 0.05) is 35.7 Å². The topological polar surface area (TPSA) is 79.2 Å². The summed E-state index contributed by atoms with van der Waals surface area (Å²) < 4.78 is 15.0. The number of benzene rings is 1. The first-order valence-electron chi connectivity index (χ1n) is 8.33. The van der Waals surface area contributed by atoms with Crippen LogP contribution in [0.4, 0.5) is 4.39 Å². The number of carbonyl (C=O) groups is 2. The van der Waals surface area contributed by atoms with Gasteiger partial charge in [0.15, 0.2) is 0 Å². The molecule has 1 aromatic carbocycles. The maximum Gasteiger partial charge on any atom is 0.245 e. The smallest absolute Gasteiger partial charge is 0.245 e. The van der Waals surface area contributed by atoms with E-state index in [1.54, 1.807) is 4.90 Å². The molecule has 132 valence electrons. The van der Waals surface area contributed by atoms with Crippen molar-refractivity contribution in [3.63, 3.8) is 0 Å². The lowest BCUT2D eigenvalue weighted by atomic mass is 9.90. The normalized spacial score (nSPS) is 17.2. The van der Waals surface area contributed by atoms with Gasteiger partial charge in [-0.3, -0.25) is 9.59 Å². The predicted octanol–water partition coefficient (Wildman–Crippen LogP) is 2.45. The number of carbonyl (C=O) groups excluding carboxylic acids is 2. The van der Waals surface area contributed by atoms with Crippen LogP contribution in [0.5, 0.6) is 0 Å². The Balaban J connectivity index is 2.13. The van der Waals surface area contributed by atoms with Gasteiger partial charge in [0.25, 0.3) is 0 Å². The summed E-state index contributed by atoms with van der Waals surface area (Å²) in [5.41, 5.74) is 9.15. The summed E-state index contributed by atoms with van der Waals surface area (Å²) >= 11 is 0. The Labute approximate surface area is 145 Å². The average Bonchev–Trinajstić information content (AvgIpc) is 3.14. The van der Waals surface area contributed by atoms with Gasteiger partial charge in [-0.1, -0.05) is 6.58 Å². The number of rotatable bonds is 4. The zero-order valence-electron chi connectivity index (χ0n) is 14.5. The van der Waals surface area contributed by atoms with Crippen molar-refractivity contribution in [2.45, 2.75) is 32.6 Å². The summed E-state index contributed by atoms with van der Waals surface area (Å²) in [6.07, 6.45) is 1.97. The number of nitrogens with two attached hydrogens (primary N) is 1. The highest BCUT2D eigenvalue weighted by Gasteiger charge is 2.31. The molecule has 25 heavy (non-hydrogen) atoms. The molecule has 2 aromatic rings. The van der Waals surface area contributed by atoms with E-state index in [0.717, 1.165) is 22.2 Å². The molecule has 6 heteroatoms. The van der Waals surface area contributed by atoms with Gasteiger partial charge < -0.3 is 15.6 Å². The summed E-state index contributed by atoms with van der Waals surface area (Å²) in [5.74, 6) is -1.06. The van der Waals surface area contributed by atoms with Crippen LogP contribution in [0, 0.1) is 19.7 Å². The van der Waals surface area contributed by atoms with Crippen LogP contribution in [0.25, 0.3) is 10.9 Å². The minimum Gasteiger partial charge on any atom is -0.369 e. The van der Waals surface area contributed by atoms with Gasteiger partial charge in [-0.05, 0) is 43.5 Å². The molecule has 0 saturated carbocycles. The highest BCUT2D eigenvalue weighted by molar-refractivity contribution is 5.94. The minimum atomic E-state index is -0.498. The van der Waals surface area contributed by atoms with Crippen LogP contribution in [-0.2, 0) is 16.0 Å². The highest BCUT2D eigenvalue weighted by atomic mass is 19.1. The van der Waals surface area contributed by atoms with Crippen molar-refractivity contribution in [1.82, 2.24) is 9.88 Å². The fourth-order valence-electron chi connectivity index (χ4n) is 3.77. The molecule has 1 aromatic heterocycles. The SMILES string of the molecule is C=CC(=O)N1CCC(c2c(F)cc(CC(N)=O)c3[nH]c(C)c(C)c23)C1. The number of H-pyrrole nitrogens is 1. The number of aromatic nitrogens is 1. The molecule has 5 nitrogen and oxygen atoms in total. The van der Waals surface area contributed by atoms with E-state index in [0.29, 0.717) is 30.6 Å². The Morgan fingerprint density at radius 2 is 2.20 bits per heavy atom. The number of nitrogens with one attached hydrogen (secondary N) is 1. The number of amides is 2. The van der Waals surface area contributed by atoms with E-state index in [1.165, 1.54) is 12.1 Å². The van der Waals surface area contributed by atoms with Gasteiger partial charge in [0.2, 0.25) is 11.8 Å². The number of hydrogen-bond donors (Lipinski definition) is 2. The molecule has 1 atom stereocenters. The van der Waals surface area contributed by atoms with Gasteiger partial charge >= 0.3 is 0 Å². The molecule has 1 unspecified atom stereocenters. The first-order valence-corrected chi connectivity index (χ1v) is 8.33. The van der Waals surface area contributed by atoms with E-state index in [-0.39, 0.29) is 24.1 Å². The number of aryl methyl sites for hydroxylation is 2. The predicted molar refractivity (Wildman–Crippen MR) is 94.8 cm³/mol. The molecule has 0 spiro atoms. The molecule has 1 aliphatic rings. The van der Waals surface area contributed by atoms with E-state index in [1.807, 2.05) is 13.8 Å². The first kappa shape index (κ1) is 17.2. The van der Waals surface area contributed by atoms with E-state index in [4.69, 9.17) is 5.73 Å². The lowest BCUT2D eigenvalue weighted by molar-refractivity contribution is -0.125. The van der Waals surface area contributed by atoms with Crippen molar-refractivity contribution in [1.29, 1.82) is 0 Å². The summed E-state index contributed by atoms with van der Waals surface area (Å²) in [7, 11) is 0. The third-order valence-corrected chi connectivity index (χ3v) is 5.10. The molecule has 3 N–H and O–H groups in total. The minimum absolute atomic E-state index is 0.0150. The molecular weight excluding hydrogens is 321 g/mol. The molecule has 1 aliphatic heterocycles. The number of halogens is 1. The van der Waals surface area contributed by atoms with Gasteiger partial charge in [0.05, 0.1) is 11.9 Å². The van der Waals surface area contributed by atoms with Crippen molar-refractivity contribution in [3.05, 3.63) is 46.9 Å². The Hall–Kier alpha value is -2.63. The zero-order valence-corrected chi connectivity index (χ0v) is 14.5. The quantitative estimate of drug-likeness (QED) is 0.837. The van der Waals surface area contributed by atoms with Crippen molar-refractivity contribution in [2.24, 2.45) is 5.73 Å². The Bertz CT molecular complexity index is 885. The Kier molecular flexibility index (Phi) is 4.37. The molecule has 2 heterocycles. The standard InChI is InChI=1S/C19H22FN3O2/c1-4-16(25)23-6-5-12(9-23)18-14(20)7-13(8-15(21)24)19-17(18)10(2)11(3)22-19/h4,7,12,22H,1,5-6,8-9H2,2-3H3,(H2,21,24). The van der Waals surface area contributed by atoms with E-state index in [9.17, 15) is 14.0 Å². The molecule has 1 saturated heterocycles. The van der Waals surface area contributed by atoms with Crippen LogP contribution >= 0.6 is 0 Å². The van der Waals surface area contributed by atoms with Crippen LogP contribution < -0.4 is 5.73 Å². The van der Waals surface area contributed by atoms with Crippen LogP contribution in [0.2, 0.25) is 0 Å². The number of nitrogens with zero attached hydrogens (tertiary/aromatic N) is 1. The van der Waals surface area contributed by atoms with Crippen LogP contribution in [-0.4, -0.2) is 34.8 Å². The monoisotopic (exact) mass is 343 g/mol. The highest BCUT2D eigenvalue weighted by Crippen LogP contribution is 2.38. The van der Waals surface area contributed by atoms with Crippen LogP contribution in [0.1, 0.15) is 34.7 Å². The van der Waals surface area contributed by atoms with Gasteiger partial charge in [-0.15, -0.1) is 0 Å². The second-order valence-corrected chi connectivity index (χ2v) is 6.67. The number of hydrogen-bond acceptors (Lipinski definition) is 2. The summed E-state index contributed by atoms with van der Waals surface area (Å²) in [6, 6.07) is 1.40. The maximum atomic E-state index is 15.0. The first-order chi connectivity index (χ1) is 11.8. The number of fused-ring (bicyclic) bond motifs is 1. The van der Waals surface area contributed by atoms with E-state index in [2.05, 4.69) is 11.6 Å². The fourth-order valence-corrected chi connectivity index (χ4v) is 3.77. The maximum absolute atomic E-state index is 15.0. The third kappa shape index (κ3) is 2.92. The van der Waals surface area contributed by atoms with Crippen molar-refractivity contribution in [3.8, 4) is 0 Å². The summed E-state index contributed by atoms with van der Waals surface area (Å²) in [4.78, 5) is 28.1. The Morgan fingerprint density at radius 1 is 1.48 bits per heavy atom. The molecule has 1 fully saturated rings.